The van der Waals surface area contributed by atoms with Crippen LogP contribution in [0.4, 0.5) is 0 Å². The maximum absolute atomic E-state index is 13.2. The summed E-state index contributed by atoms with van der Waals surface area (Å²) < 4.78 is 2.21. The van der Waals surface area contributed by atoms with Crippen molar-refractivity contribution in [2.45, 2.75) is 6.04 Å². The first-order chi connectivity index (χ1) is 14.2. The fourth-order valence-corrected chi connectivity index (χ4v) is 4.66. The van der Waals surface area contributed by atoms with E-state index in [0.29, 0.717) is 6.54 Å². The Morgan fingerprint density at radius 2 is 1.59 bits per heavy atom. The maximum Gasteiger partial charge on any atom is 0.255 e. The Bertz CT molecular complexity index is 1210. The number of aryl methyl sites for hydroxylation is 1. The van der Waals surface area contributed by atoms with Gasteiger partial charge in [-0.2, -0.15) is 0 Å². The molecular weight excluding hydrogens is 360 g/mol. The van der Waals surface area contributed by atoms with Gasteiger partial charge >= 0.3 is 0 Å². The van der Waals surface area contributed by atoms with Gasteiger partial charge in [-0.15, -0.1) is 0 Å². The molecule has 1 aliphatic rings. The number of aliphatic hydroxyl groups is 1. The van der Waals surface area contributed by atoms with Gasteiger partial charge in [-0.05, 0) is 23.3 Å². The fourth-order valence-electron chi connectivity index (χ4n) is 4.66. The zero-order valence-corrected chi connectivity index (χ0v) is 16.2. The molecule has 0 saturated heterocycles. The predicted molar refractivity (Wildman–Crippen MR) is 115 cm³/mol. The van der Waals surface area contributed by atoms with Gasteiger partial charge in [0.25, 0.3) is 5.91 Å². The van der Waals surface area contributed by atoms with Crippen LogP contribution >= 0.6 is 0 Å². The number of hydrogen-bond donors (Lipinski definition) is 1. The Balaban J connectivity index is 1.86. The average molecular weight is 382 g/mol. The number of aromatic nitrogens is 1. The number of β-amino-alcohol motifs (C(OH)–C–C–N with tert-alkyl or cyclic N) is 1. The third-order valence-corrected chi connectivity index (χ3v) is 5.87. The van der Waals surface area contributed by atoms with Crippen molar-refractivity contribution in [1.82, 2.24) is 9.47 Å². The van der Waals surface area contributed by atoms with Gasteiger partial charge in [-0.3, -0.25) is 4.79 Å². The van der Waals surface area contributed by atoms with Crippen LogP contribution in [0, 0.1) is 0 Å². The van der Waals surface area contributed by atoms with Crippen molar-refractivity contribution in [1.29, 1.82) is 0 Å². The van der Waals surface area contributed by atoms with Crippen molar-refractivity contribution in [2.75, 3.05) is 13.2 Å². The highest BCUT2D eigenvalue weighted by atomic mass is 16.3. The lowest BCUT2D eigenvalue weighted by Gasteiger charge is -2.26. The average Bonchev–Trinajstić information content (AvgIpc) is 3.21. The Labute approximate surface area is 169 Å². The molecule has 0 bridgehead atoms. The van der Waals surface area contributed by atoms with Gasteiger partial charge in [-0.25, -0.2) is 0 Å². The van der Waals surface area contributed by atoms with Gasteiger partial charge in [0.1, 0.15) is 0 Å². The van der Waals surface area contributed by atoms with Gasteiger partial charge in [0.05, 0.1) is 18.3 Å². The number of rotatable bonds is 4. The molecule has 1 aromatic heterocycles. The van der Waals surface area contributed by atoms with Crippen LogP contribution < -0.4 is 0 Å². The van der Waals surface area contributed by atoms with E-state index in [2.05, 4.69) is 35.9 Å². The lowest BCUT2D eigenvalue weighted by atomic mass is 9.93. The van der Waals surface area contributed by atoms with Gasteiger partial charge in [0, 0.05) is 35.6 Å². The minimum atomic E-state index is -0.229. The van der Waals surface area contributed by atoms with E-state index in [1.165, 1.54) is 0 Å². The summed E-state index contributed by atoms with van der Waals surface area (Å²) in [5, 5.41) is 10.8. The second-order valence-electron chi connectivity index (χ2n) is 7.42. The number of carbonyl (C=O) groups excluding carboxylic acids is 1. The monoisotopic (exact) mass is 382 g/mol. The molecule has 1 aliphatic heterocycles. The van der Waals surface area contributed by atoms with Gasteiger partial charge < -0.3 is 14.6 Å². The SMILES string of the molecule is Cn1c(-c2ccccc2)c([C@H]2c3ccccc3C(=O)N2CCO)c2ccccc21. The van der Waals surface area contributed by atoms with E-state index >= 15 is 0 Å². The van der Waals surface area contributed by atoms with Crippen molar-refractivity contribution in [2.24, 2.45) is 7.05 Å². The molecule has 4 nitrogen and oxygen atoms in total. The molecule has 1 N–H and O–H groups in total. The first-order valence-electron chi connectivity index (χ1n) is 9.86. The summed E-state index contributed by atoms with van der Waals surface area (Å²) in [4.78, 5) is 15.0. The molecule has 0 aliphatic carbocycles. The molecule has 0 fully saturated rings. The molecule has 2 heterocycles. The van der Waals surface area contributed by atoms with Gasteiger partial charge in [0.15, 0.2) is 0 Å². The topological polar surface area (TPSA) is 45.5 Å². The number of hydrogen-bond acceptors (Lipinski definition) is 2. The first-order valence-corrected chi connectivity index (χ1v) is 9.86. The number of fused-ring (bicyclic) bond motifs is 2. The van der Waals surface area contributed by atoms with Crippen LogP contribution in [0.3, 0.4) is 0 Å². The van der Waals surface area contributed by atoms with Crippen LogP contribution in [0.15, 0.2) is 78.9 Å². The largest absolute Gasteiger partial charge is 0.395 e. The maximum atomic E-state index is 13.2. The summed E-state index contributed by atoms with van der Waals surface area (Å²) in [6.07, 6.45) is 0. The number of carbonyl (C=O) groups is 1. The third kappa shape index (κ3) is 2.60. The molecule has 4 heteroatoms. The van der Waals surface area contributed by atoms with Crippen molar-refractivity contribution in [3.63, 3.8) is 0 Å². The van der Waals surface area contributed by atoms with E-state index in [4.69, 9.17) is 0 Å². The highest BCUT2D eigenvalue weighted by Gasteiger charge is 2.40. The van der Waals surface area contributed by atoms with Crippen LogP contribution in [0.5, 0.6) is 0 Å². The quantitative estimate of drug-likeness (QED) is 0.569. The minimum Gasteiger partial charge on any atom is -0.395 e. The van der Waals surface area contributed by atoms with E-state index in [9.17, 15) is 9.90 Å². The molecule has 144 valence electrons. The Morgan fingerprint density at radius 1 is 0.897 bits per heavy atom. The molecule has 4 aromatic rings. The molecule has 1 atom stereocenters. The Morgan fingerprint density at radius 3 is 2.38 bits per heavy atom. The van der Waals surface area contributed by atoms with Crippen LogP contribution in [-0.4, -0.2) is 33.6 Å². The molecule has 0 radical (unpaired) electrons. The molecule has 5 rings (SSSR count). The van der Waals surface area contributed by atoms with Crippen molar-refractivity contribution in [3.05, 3.63) is 95.6 Å². The Kier molecular flexibility index (Phi) is 4.22. The summed E-state index contributed by atoms with van der Waals surface area (Å²) in [6, 6.07) is 26.2. The second-order valence-corrected chi connectivity index (χ2v) is 7.42. The lowest BCUT2D eigenvalue weighted by Crippen LogP contribution is -2.31. The zero-order valence-electron chi connectivity index (χ0n) is 16.2. The highest BCUT2D eigenvalue weighted by molar-refractivity contribution is 6.02. The standard InChI is InChI=1S/C25H22N2O2/c1-26-21-14-8-7-13-20(21)22(23(26)17-9-3-2-4-10-17)24-18-11-5-6-12-19(18)25(29)27(24)15-16-28/h2-14,24,28H,15-16H2,1H3/t24-/m1/s1. The first kappa shape index (κ1) is 17.7. The lowest BCUT2D eigenvalue weighted by molar-refractivity contribution is 0.0713. The normalized spacial score (nSPS) is 15.9. The summed E-state index contributed by atoms with van der Waals surface area (Å²) in [5.41, 5.74) is 6.17. The highest BCUT2D eigenvalue weighted by Crippen LogP contribution is 2.46. The van der Waals surface area contributed by atoms with Crippen LogP contribution in [-0.2, 0) is 7.05 Å². The van der Waals surface area contributed by atoms with E-state index in [1.807, 2.05) is 54.6 Å². The number of benzene rings is 3. The minimum absolute atomic E-state index is 0.0217. The third-order valence-electron chi connectivity index (χ3n) is 5.87. The van der Waals surface area contributed by atoms with Crippen molar-refractivity contribution < 1.29 is 9.90 Å². The molecular formula is C25H22N2O2. The molecule has 0 unspecified atom stereocenters. The van der Waals surface area contributed by atoms with Crippen LogP contribution in [0.2, 0.25) is 0 Å². The van der Waals surface area contributed by atoms with Crippen LogP contribution in [0.1, 0.15) is 27.5 Å². The molecule has 0 spiro atoms. The number of aliphatic hydroxyl groups excluding tert-OH is 1. The summed E-state index contributed by atoms with van der Waals surface area (Å²) in [5.74, 6) is -0.0217. The van der Waals surface area contributed by atoms with E-state index < -0.39 is 0 Å². The van der Waals surface area contributed by atoms with Crippen LogP contribution in [0.25, 0.3) is 22.2 Å². The summed E-state index contributed by atoms with van der Waals surface area (Å²) in [7, 11) is 2.08. The number of amides is 1. The molecule has 1 amide bonds. The smallest absolute Gasteiger partial charge is 0.255 e. The zero-order chi connectivity index (χ0) is 20.0. The number of para-hydroxylation sites is 1. The van der Waals surface area contributed by atoms with Gasteiger partial charge in [0.2, 0.25) is 0 Å². The fraction of sp³-hybridized carbons (Fsp3) is 0.160. The van der Waals surface area contributed by atoms with Crippen molar-refractivity contribution >= 4 is 16.8 Å². The molecule has 29 heavy (non-hydrogen) atoms. The number of nitrogens with zero attached hydrogens (tertiary/aromatic N) is 2. The predicted octanol–water partition coefficient (Wildman–Crippen LogP) is 4.38. The Hall–Kier alpha value is -3.37. The van der Waals surface area contributed by atoms with Gasteiger partial charge in [-0.1, -0.05) is 66.7 Å². The second kappa shape index (κ2) is 6.90. The van der Waals surface area contributed by atoms with Crippen molar-refractivity contribution in [3.8, 4) is 11.3 Å². The van der Waals surface area contributed by atoms with E-state index in [0.717, 1.165) is 38.9 Å². The molecule has 0 saturated carbocycles. The summed E-state index contributed by atoms with van der Waals surface area (Å²) >= 11 is 0. The molecule has 3 aromatic carbocycles. The summed E-state index contributed by atoms with van der Waals surface area (Å²) in [6.45, 7) is 0.233. The van der Waals surface area contributed by atoms with E-state index in [1.54, 1.807) is 4.90 Å². The van der Waals surface area contributed by atoms with E-state index in [-0.39, 0.29) is 18.6 Å².